The van der Waals surface area contributed by atoms with Gasteiger partial charge < -0.3 is 10.4 Å². The van der Waals surface area contributed by atoms with Gasteiger partial charge in [-0.05, 0) is 25.0 Å². The SMILES string of the molecule is N=C(Cl)c1cccc(C(=O)NC2CC2)c1O. The number of carbonyl (C=O) groups is 1. The Labute approximate surface area is 97.7 Å². The number of rotatable bonds is 3. The number of halogens is 1. The Balaban J connectivity index is 2.29. The normalized spacial score (nSPS) is 14.6. The molecular weight excluding hydrogens is 228 g/mol. The average Bonchev–Trinajstić information content (AvgIpc) is 3.01. The molecule has 0 unspecified atom stereocenters. The first-order valence-corrected chi connectivity index (χ1v) is 5.34. The van der Waals surface area contributed by atoms with E-state index in [2.05, 4.69) is 5.32 Å². The number of para-hydroxylation sites is 1. The first kappa shape index (κ1) is 11.0. The summed E-state index contributed by atoms with van der Waals surface area (Å²) in [5.41, 5.74) is 0.333. The molecule has 16 heavy (non-hydrogen) atoms. The van der Waals surface area contributed by atoms with Crippen LogP contribution in [-0.4, -0.2) is 22.2 Å². The summed E-state index contributed by atoms with van der Waals surface area (Å²) in [4.78, 5) is 11.7. The van der Waals surface area contributed by atoms with E-state index in [0.717, 1.165) is 12.8 Å². The molecule has 1 aromatic rings. The van der Waals surface area contributed by atoms with Crippen molar-refractivity contribution >= 4 is 22.7 Å². The number of benzene rings is 1. The zero-order valence-electron chi connectivity index (χ0n) is 8.46. The maximum atomic E-state index is 11.7. The topological polar surface area (TPSA) is 73.2 Å². The van der Waals surface area contributed by atoms with Crippen LogP contribution in [0.25, 0.3) is 0 Å². The third-order valence-electron chi connectivity index (χ3n) is 2.43. The van der Waals surface area contributed by atoms with Gasteiger partial charge in [0.05, 0.1) is 11.1 Å². The zero-order chi connectivity index (χ0) is 11.7. The Morgan fingerprint density at radius 3 is 2.62 bits per heavy atom. The highest BCUT2D eigenvalue weighted by Gasteiger charge is 2.25. The van der Waals surface area contributed by atoms with Crippen LogP contribution in [0.15, 0.2) is 18.2 Å². The predicted molar refractivity (Wildman–Crippen MR) is 61.3 cm³/mol. The van der Waals surface area contributed by atoms with Crippen molar-refractivity contribution in [3.05, 3.63) is 29.3 Å². The number of aromatic hydroxyl groups is 1. The number of amides is 1. The Hall–Kier alpha value is -1.55. The van der Waals surface area contributed by atoms with E-state index in [1.165, 1.54) is 12.1 Å². The number of nitrogens with one attached hydrogen (secondary N) is 2. The minimum atomic E-state index is -0.320. The summed E-state index contributed by atoms with van der Waals surface area (Å²) in [6.45, 7) is 0. The third-order valence-corrected chi connectivity index (χ3v) is 2.63. The molecule has 0 radical (unpaired) electrons. The van der Waals surface area contributed by atoms with Crippen LogP contribution in [0.5, 0.6) is 5.75 Å². The molecular formula is C11H11ClN2O2. The second kappa shape index (κ2) is 4.14. The number of phenols is 1. The van der Waals surface area contributed by atoms with E-state index < -0.39 is 0 Å². The molecule has 1 aliphatic carbocycles. The Bertz CT molecular complexity index is 455. The Morgan fingerprint density at radius 2 is 2.06 bits per heavy atom. The molecule has 0 spiro atoms. The van der Waals surface area contributed by atoms with E-state index in [1.54, 1.807) is 6.07 Å². The molecule has 2 rings (SSSR count). The van der Waals surface area contributed by atoms with Crippen molar-refractivity contribution in [2.75, 3.05) is 0 Å². The summed E-state index contributed by atoms with van der Waals surface area (Å²) in [6, 6.07) is 4.83. The number of phenolic OH excluding ortho intramolecular Hbond substituents is 1. The Morgan fingerprint density at radius 1 is 1.44 bits per heavy atom. The minimum absolute atomic E-state index is 0.162. The lowest BCUT2D eigenvalue weighted by molar-refractivity contribution is 0.0948. The fraction of sp³-hybridized carbons (Fsp3) is 0.273. The van der Waals surface area contributed by atoms with E-state index in [4.69, 9.17) is 17.0 Å². The van der Waals surface area contributed by atoms with Crippen molar-refractivity contribution < 1.29 is 9.90 Å². The summed E-state index contributed by atoms with van der Waals surface area (Å²) in [6.07, 6.45) is 1.97. The summed E-state index contributed by atoms with van der Waals surface area (Å²) in [5, 5.41) is 19.5. The van der Waals surface area contributed by atoms with Gasteiger partial charge in [-0.15, -0.1) is 0 Å². The second-order valence-electron chi connectivity index (χ2n) is 3.76. The maximum absolute atomic E-state index is 11.7. The first-order valence-electron chi connectivity index (χ1n) is 4.97. The quantitative estimate of drug-likeness (QED) is 0.703. The van der Waals surface area contributed by atoms with Crippen molar-refractivity contribution in [2.45, 2.75) is 18.9 Å². The minimum Gasteiger partial charge on any atom is -0.506 e. The van der Waals surface area contributed by atoms with E-state index in [9.17, 15) is 9.90 Å². The van der Waals surface area contributed by atoms with Gasteiger partial charge in [0.25, 0.3) is 5.91 Å². The molecule has 4 nitrogen and oxygen atoms in total. The van der Waals surface area contributed by atoms with Crippen LogP contribution in [-0.2, 0) is 0 Å². The van der Waals surface area contributed by atoms with E-state index in [0.29, 0.717) is 0 Å². The second-order valence-corrected chi connectivity index (χ2v) is 4.14. The van der Waals surface area contributed by atoms with Crippen LogP contribution in [0.3, 0.4) is 0 Å². The highest BCUT2D eigenvalue weighted by molar-refractivity contribution is 6.69. The lowest BCUT2D eigenvalue weighted by Crippen LogP contribution is -2.25. The van der Waals surface area contributed by atoms with Gasteiger partial charge in [0.1, 0.15) is 10.9 Å². The zero-order valence-corrected chi connectivity index (χ0v) is 9.21. The number of hydrogen-bond donors (Lipinski definition) is 3. The van der Waals surface area contributed by atoms with Crippen molar-refractivity contribution in [3.63, 3.8) is 0 Å². The van der Waals surface area contributed by atoms with E-state index in [1.807, 2.05) is 0 Å². The molecule has 1 fully saturated rings. The van der Waals surface area contributed by atoms with Gasteiger partial charge in [0, 0.05) is 6.04 Å². The summed E-state index contributed by atoms with van der Waals surface area (Å²) >= 11 is 5.49. The van der Waals surface area contributed by atoms with Crippen LogP contribution in [0.4, 0.5) is 0 Å². The van der Waals surface area contributed by atoms with Gasteiger partial charge in [-0.2, -0.15) is 0 Å². The highest BCUT2D eigenvalue weighted by atomic mass is 35.5. The standard InChI is InChI=1S/C11H11ClN2O2/c12-10(13)7-2-1-3-8(9(7)15)11(16)14-6-4-5-6/h1-3,6,13,15H,4-5H2,(H,14,16). The van der Waals surface area contributed by atoms with Crippen LogP contribution in [0.1, 0.15) is 28.8 Å². The largest absolute Gasteiger partial charge is 0.506 e. The molecule has 0 bridgehead atoms. The summed E-state index contributed by atoms with van der Waals surface area (Å²) < 4.78 is 0. The van der Waals surface area contributed by atoms with E-state index >= 15 is 0 Å². The molecule has 0 aromatic heterocycles. The molecule has 0 aliphatic heterocycles. The highest BCUT2D eigenvalue weighted by Crippen LogP contribution is 2.25. The van der Waals surface area contributed by atoms with Gasteiger partial charge in [0.2, 0.25) is 0 Å². The molecule has 1 aliphatic rings. The van der Waals surface area contributed by atoms with Crippen molar-refractivity contribution in [3.8, 4) is 5.75 Å². The molecule has 0 atom stereocenters. The van der Waals surface area contributed by atoms with Gasteiger partial charge in [0.15, 0.2) is 0 Å². The lowest BCUT2D eigenvalue weighted by atomic mass is 10.1. The molecule has 1 amide bonds. The average molecular weight is 239 g/mol. The van der Waals surface area contributed by atoms with Crippen LogP contribution >= 0.6 is 11.6 Å². The molecule has 3 N–H and O–H groups in total. The van der Waals surface area contributed by atoms with Gasteiger partial charge in [-0.25, -0.2) is 0 Å². The number of hydrogen-bond acceptors (Lipinski definition) is 3. The summed E-state index contributed by atoms with van der Waals surface area (Å²) in [5.74, 6) is -0.555. The molecule has 1 aromatic carbocycles. The van der Waals surface area contributed by atoms with Crippen molar-refractivity contribution in [2.24, 2.45) is 0 Å². The fourth-order valence-electron chi connectivity index (χ4n) is 1.39. The maximum Gasteiger partial charge on any atom is 0.255 e. The first-order chi connectivity index (χ1) is 7.59. The Kier molecular flexibility index (Phi) is 2.83. The molecule has 0 saturated heterocycles. The van der Waals surface area contributed by atoms with Crippen molar-refractivity contribution in [1.82, 2.24) is 5.32 Å². The van der Waals surface area contributed by atoms with Gasteiger partial charge in [-0.3, -0.25) is 10.2 Å². The van der Waals surface area contributed by atoms with Crippen LogP contribution in [0, 0.1) is 5.41 Å². The lowest BCUT2D eigenvalue weighted by Gasteiger charge is -2.08. The number of carbonyl (C=O) groups excluding carboxylic acids is 1. The monoisotopic (exact) mass is 238 g/mol. The van der Waals surface area contributed by atoms with Crippen LogP contribution < -0.4 is 5.32 Å². The smallest absolute Gasteiger partial charge is 0.255 e. The molecule has 0 heterocycles. The molecule has 84 valence electrons. The van der Waals surface area contributed by atoms with Gasteiger partial charge in [-0.1, -0.05) is 17.7 Å². The third kappa shape index (κ3) is 2.17. The predicted octanol–water partition coefficient (Wildman–Crippen LogP) is 1.85. The fourth-order valence-corrected chi connectivity index (χ4v) is 1.55. The molecule has 1 saturated carbocycles. The summed E-state index contributed by atoms with van der Waals surface area (Å²) in [7, 11) is 0. The van der Waals surface area contributed by atoms with E-state index in [-0.39, 0.29) is 34.0 Å². The molecule has 5 heteroatoms. The van der Waals surface area contributed by atoms with Gasteiger partial charge >= 0.3 is 0 Å². The van der Waals surface area contributed by atoms with Crippen LogP contribution in [0.2, 0.25) is 0 Å². The van der Waals surface area contributed by atoms with Crippen molar-refractivity contribution in [1.29, 1.82) is 5.41 Å².